The van der Waals surface area contributed by atoms with E-state index in [0.717, 1.165) is 11.2 Å². The summed E-state index contributed by atoms with van der Waals surface area (Å²) in [5.41, 5.74) is 0.454. The predicted octanol–water partition coefficient (Wildman–Crippen LogP) is -0.373. The van der Waals surface area contributed by atoms with Crippen molar-refractivity contribution in [2.45, 2.75) is 5.25 Å². The maximum absolute atomic E-state index is 11.6. The topological polar surface area (TPSA) is 87.0 Å². The van der Waals surface area contributed by atoms with Gasteiger partial charge in [0.15, 0.2) is 0 Å². The normalized spacial score (nSPS) is 19.2. The molecule has 1 heterocycles. The van der Waals surface area contributed by atoms with Crippen molar-refractivity contribution in [2.75, 3.05) is 5.01 Å². The van der Waals surface area contributed by atoms with Crippen LogP contribution in [0.25, 0.3) is 0 Å². The van der Waals surface area contributed by atoms with E-state index in [0.29, 0.717) is 5.69 Å². The number of hydrazone groups is 1. The van der Waals surface area contributed by atoms with Gasteiger partial charge in [0.05, 0.1) is 11.9 Å². The zero-order chi connectivity index (χ0) is 11.8. The van der Waals surface area contributed by atoms with Gasteiger partial charge < -0.3 is 0 Å². The molecular weight excluding hydrogens is 255 g/mol. The van der Waals surface area contributed by atoms with Gasteiger partial charge in [-0.1, -0.05) is 18.2 Å². The Morgan fingerprint density at radius 2 is 1.82 bits per heavy atom. The number of para-hydroxylation sites is 1. The van der Waals surface area contributed by atoms with E-state index in [1.165, 1.54) is 0 Å². The van der Waals surface area contributed by atoms with Crippen LogP contribution in [0, 0.1) is 0 Å². The molecule has 0 aromatic heterocycles. The minimum absolute atomic E-state index is 0. The van der Waals surface area contributed by atoms with Crippen molar-refractivity contribution in [1.29, 1.82) is 0 Å². The van der Waals surface area contributed by atoms with Crippen molar-refractivity contribution in [3.05, 3.63) is 30.3 Å². The third kappa shape index (κ3) is 2.93. The fourth-order valence-electron chi connectivity index (χ4n) is 1.34. The van der Waals surface area contributed by atoms with Crippen LogP contribution in [0.4, 0.5) is 5.69 Å². The Labute approximate surface area is 120 Å². The van der Waals surface area contributed by atoms with Crippen LogP contribution in [0.2, 0.25) is 0 Å². The molecule has 0 spiro atoms. The van der Waals surface area contributed by atoms with E-state index in [9.17, 15) is 13.2 Å². The number of rotatable bonds is 2. The van der Waals surface area contributed by atoms with Gasteiger partial charge in [-0.25, -0.2) is 0 Å². The van der Waals surface area contributed by atoms with Gasteiger partial charge in [-0.3, -0.25) is 9.35 Å². The second kappa shape index (κ2) is 5.28. The van der Waals surface area contributed by atoms with Gasteiger partial charge in [0.2, 0.25) is 5.25 Å². The molecule has 0 radical (unpaired) electrons. The first-order valence-corrected chi connectivity index (χ1v) is 5.90. The van der Waals surface area contributed by atoms with E-state index in [1.807, 2.05) is 0 Å². The molecule has 1 unspecified atom stereocenters. The molecule has 0 saturated carbocycles. The van der Waals surface area contributed by atoms with Gasteiger partial charge >= 0.3 is 29.6 Å². The molecule has 1 aromatic carbocycles. The molecule has 1 atom stereocenters. The summed E-state index contributed by atoms with van der Waals surface area (Å²) in [4.78, 5) is 11.6. The van der Waals surface area contributed by atoms with Crippen LogP contribution in [-0.4, -0.2) is 59.9 Å². The van der Waals surface area contributed by atoms with Crippen molar-refractivity contribution in [1.82, 2.24) is 0 Å². The van der Waals surface area contributed by atoms with Gasteiger partial charge in [0.25, 0.3) is 16.0 Å². The molecule has 1 amide bonds. The Balaban J connectivity index is 0.00000144. The molecular formula is C9H9N2NaO4S. The van der Waals surface area contributed by atoms with E-state index in [2.05, 4.69) is 5.10 Å². The zero-order valence-corrected chi connectivity index (χ0v) is 8.83. The average molecular weight is 264 g/mol. The maximum atomic E-state index is 11.6. The molecule has 1 aromatic rings. The molecule has 17 heavy (non-hydrogen) atoms. The number of carbonyl (C=O) groups is 1. The Hall–Kier alpha value is -0.730. The summed E-state index contributed by atoms with van der Waals surface area (Å²) in [7, 11) is -4.43. The van der Waals surface area contributed by atoms with E-state index in [-0.39, 0.29) is 29.6 Å². The number of nitrogens with zero attached hydrogens (tertiary/aromatic N) is 2. The van der Waals surface area contributed by atoms with E-state index in [1.54, 1.807) is 30.3 Å². The first kappa shape index (κ1) is 14.3. The third-order valence-electron chi connectivity index (χ3n) is 2.09. The number of hydrogen-bond donors (Lipinski definition) is 1. The quantitative estimate of drug-likeness (QED) is 0.583. The summed E-state index contributed by atoms with van der Waals surface area (Å²) in [5.74, 6) is -0.784. The van der Waals surface area contributed by atoms with Gasteiger partial charge in [-0.15, -0.1) is 0 Å². The fraction of sp³-hybridized carbons (Fsp3) is 0.111. The summed E-state index contributed by atoms with van der Waals surface area (Å²) in [6.45, 7) is 0. The first-order valence-electron chi connectivity index (χ1n) is 4.39. The molecule has 1 aliphatic rings. The van der Waals surface area contributed by atoms with Crippen LogP contribution < -0.4 is 5.01 Å². The van der Waals surface area contributed by atoms with Crippen LogP contribution >= 0.6 is 0 Å². The van der Waals surface area contributed by atoms with Crippen LogP contribution in [-0.2, 0) is 14.9 Å². The summed E-state index contributed by atoms with van der Waals surface area (Å²) in [6.07, 6.45) is 0.907. The van der Waals surface area contributed by atoms with E-state index < -0.39 is 21.3 Å². The molecule has 0 saturated heterocycles. The van der Waals surface area contributed by atoms with Crippen molar-refractivity contribution < 1.29 is 17.8 Å². The Bertz CT molecular complexity index is 543. The van der Waals surface area contributed by atoms with Crippen molar-refractivity contribution in [2.24, 2.45) is 5.10 Å². The summed E-state index contributed by atoms with van der Waals surface area (Å²) < 4.78 is 30.5. The van der Waals surface area contributed by atoms with Crippen LogP contribution in [0.15, 0.2) is 35.4 Å². The number of benzene rings is 1. The van der Waals surface area contributed by atoms with Crippen LogP contribution in [0.5, 0.6) is 0 Å². The number of carbonyl (C=O) groups excluding carboxylic acids is 1. The predicted molar refractivity (Wildman–Crippen MR) is 64.9 cm³/mol. The Morgan fingerprint density at radius 1 is 1.24 bits per heavy atom. The number of hydrogen-bond acceptors (Lipinski definition) is 4. The average Bonchev–Trinajstić information content (AvgIpc) is 2.61. The first-order chi connectivity index (χ1) is 7.50. The molecule has 1 aliphatic heterocycles. The second-order valence-corrected chi connectivity index (χ2v) is 4.72. The zero-order valence-electron chi connectivity index (χ0n) is 8.02. The van der Waals surface area contributed by atoms with Crippen molar-refractivity contribution in [3.8, 4) is 0 Å². The summed E-state index contributed by atoms with van der Waals surface area (Å²) in [6, 6.07) is 8.37. The minimum atomic E-state index is -4.43. The SMILES string of the molecule is O=C1C(S(=O)(=O)O)C=NN1c1ccccc1.[NaH]. The third-order valence-corrected chi connectivity index (χ3v) is 3.06. The molecule has 0 aliphatic carbocycles. The fourth-order valence-corrected chi connectivity index (χ4v) is 1.90. The van der Waals surface area contributed by atoms with E-state index >= 15 is 0 Å². The molecule has 1 N–H and O–H groups in total. The molecule has 6 nitrogen and oxygen atoms in total. The van der Waals surface area contributed by atoms with Crippen LogP contribution in [0.1, 0.15) is 0 Å². The summed E-state index contributed by atoms with van der Waals surface area (Å²) in [5, 5.41) is 2.99. The second-order valence-electron chi connectivity index (χ2n) is 3.19. The van der Waals surface area contributed by atoms with Gasteiger partial charge in [0.1, 0.15) is 0 Å². The van der Waals surface area contributed by atoms with Gasteiger partial charge in [0, 0.05) is 0 Å². The Morgan fingerprint density at radius 3 is 2.29 bits per heavy atom. The van der Waals surface area contributed by atoms with E-state index in [4.69, 9.17) is 4.55 Å². The van der Waals surface area contributed by atoms with Crippen molar-refractivity contribution >= 4 is 57.5 Å². The summed E-state index contributed by atoms with van der Waals surface area (Å²) >= 11 is 0. The number of amides is 1. The van der Waals surface area contributed by atoms with Crippen LogP contribution in [0.3, 0.4) is 0 Å². The molecule has 0 bridgehead atoms. The van der Waals surface area contributed by atoms with Crippen molar-refractivity contribution in [3.63, 3.8) is 0 Å². The molecule has 8 heteroatoms. The number of anilines is 1. The molecule has 0 fully saturated rings. The Kier molecular flexibility index (Phi) is 4.45. The monoisotopic (exact) mass is 264 g/mol. The molecule has 86 valence electrons. The van der Waals surface area contributed by atoms with Gasteiger partial charge in [-0.2, -0.15) is 18.5 Å². The standard InChI is InChI=1S/C9H8N2O4S.Na.H/c12-9-8(16(13,14)15)6-10-11(9)7-4-2-1-3-5-7;;/h1-6,8H,(H,13,14,15);;. The molecule has 2 rings (SSSR count). The van der Waals surface area contributed by atoms with Gasteiger partial charge in [-0.05, 0) is 12.1 Å².